The number of hydrogen-bond acceptors (Lipinski definition) is 4. The van der Waals surface area contributed by atoms with Crippen molar-refractivity contribution in [1.29, 1.82) is 0 Å². The van der Waals surface area contributed by atoms with E-state index in [1.54, 1.807) is 0 Å². The summed E-state index contributed by atoms with van der Waals surface area (Å²) < 4.78 is 0. The minimum Gasteiger partial charge on any atom is -0.390 e. The molecule has 4 aromatic rings. The molecule has 1 saturated carbocycles. The molecule has 0 unspecified atom stereocenters. The van der Waals surface area contributed by atoms with Crippen LogP contribution in [0.3, 0.4) is 0 Å². The Labute approximate surface area is 250 Å². The highest BCUT2D eigenvalue weighted by Crippen LogP contribution is 2.46. The first kappa shape index (κ1) is 29.6. The molecule has 5 nitrogen and oxygen atoms in total. The predicted molar refractivity (Wildman–Crippen MR) is 173 cm³/mol. The minimum absolute atomic E-state index is 0.0827. The lowest BCUT2D eigenvalue weighted by molar-refractivity contribution is -0.120. The second-order valence-corrected chi connectivity index (χ2v) is 12.6. The summed E-state index contributed by atoms with van der Waals surface area (Å²) >= 11 is 0. The van der Waals surface area contributed by atoms with E-state index in [9.17, 15) is 9.90 Å². The van der Waals surface area contributed by atoms with Crippen molar-refractivity contribution in [2.75, 3.05) is 11.9 Å². The fourth-order valence-electron chi connectivity index (χ4n) is 5.51. The Balaban J connectivity index is 1.21. The fraction of sp³-hybridized carbons (Fsp3) is 0.324. The molecule has 0 radical (unpaired) electrons. The summed E-state index contributed by atoms with van der Waals surface area (Å²) in [5.74, 6) is -0.144. The van der Waals surface area contributed by atoms with Gasteiger partial charge in [-0.1, -0.05) is 99.6 Å². The number of carbonyl (C=O) groups excluding carboxylic acids is 1. The number of rotatable bonds is 11. The summed E-state index contributed by atoms with van der Waals surface area (Å²) in [4.78, 5) is 12.0. The number of amides is 1. The Bertz CT molecular complexity index is 1490. The predicted octanol–water partition coefficient (Wildman–Crippen LogP) is 7.08. The molecule has 0 aliphatic heterocycles. The smallest absolute Gasteiger partial charge is 0.217 e. The maximum Gasteiger partial charge on any atom is 0.217 e. The van der Waals surface area contributed by atoms with Crippen LogP contribution in [0.25, 0.3) is 11.1 Å². The standard InChI is InChI=1S/C37H43N3O2/c1-26(41)39-34(35(42)25-38-37(20-21-37)31-14-9-13-30(24-31)36(2,3)4)22-27-16-18-32(19-17-27)40-33-15-8-12-29(23-33)28-10-6-5-7-11-28/h5-19,23-24,34-35,38,40,42H,20-22,25H2,1-4H3,(H,39,41)/t34-,35+/m0/s1. The zero-order chi connectivity index (χ0) is 29.7. The van der Waals surface area contributed by atoms with Crippen LogP contribution >= 0.6 is 0 Å². The van der Waals surface area contributed by atoms with Crippen LogP contribution in [0.1, 0.15) is 57.2 Å². The lowest BCUT2D eigenvalue weighted by Crippen LogP contribution is -2.49. The van der Waals surface area contributed by atoms with Gasteiger partial charge in [-0.3, -0.25) is 4.79 Å². The minimum atomic E-state index is -0.726. The van der Waals surface area contributed by atoms with Gasteiger partial charge in [0.2, 0.25) is 5.91 Å². The van der Waals surface area contributed by atoms with Crippen molar-refractivity contribution < 1.29 is 9.90 Å². The number of benzene rings is 4. The number of aliphatic hydroxyl groups excluding tert-OH is 1. The van der Waals surface area contributed by atoms with E-state index < -0.39 is 12.1 Å². The second-order valence-electron chi connectivity index (χ2n) is 12.6. The average Bonchev–Trinajstić information content (AvgIpc) is 3.78. The molecule has 1 amide bonds. The van der Waals surface area contributed by atoms with Gasteiger partial charge in [0.15, 0.2) is 0 Å². The number of carbonyl (C=O) groups is 1. The number of aliphatic hydroxyl groups is 1. The lowest BCUT2D eigenvalue weighted by atomic mass is 9.85. The van der Waals surface area contributed by atoms with E-state index in [0.717, 1.165) is 35.3 Å². The van der Waals surface area contributed by atoms with Crippen LogP contribution in [0.2, 0.25) is 0 Å². The molecule has 0 aromatic heterocycles. The highest BCUT2D eigenvalue weighted by atomic mass is 16.3. The Hall–Kier alpha value is -3.93. The number of hydrogen-bond donors (Lipinski definition) is 4. The van der Waals surface area contributed by atoms with Crippen molar-refractivity contribution in [3.05, 3.63) is 120 Å². The molecule has 4 N–H and O–H groups in total. The number of nitrogens with one attached hydrogen (secondary N) is 3. The van der Waals surface area contributed by atoms with Gasteiger partial charge in [0.25, 0.3) is 0 Å². The molecule has 0 bridgehead atoms. The van der Waals surface area contributed by atoms with Crippen LogP contribution in [0.15, 0.2) is 103 Å². The molecular formula is C37H43N3O2. The third-order valence-corrected chi connectivity index (χ3v) is 8.20. The van der Waals surface area contributed by atoms with Gasteiger partial charge in [0, 0.05) is 30.4 Å². The summed E-state index contributed by atoms with van der Waals surface area (Å²) in [5, 5.41) is 21.3. The molecule has 0 spiro atoms. The van der Waals surface area contributed by atoms with E-state index >= 15 is 0 Å². The molecule has 218 valence electrons. The van der Waals surface area contributed by atoms with E-state index in [1.165, 1.54) is 23.6 Å². The van der Waals surface area contributed by atoms with Gasteiger partial charge in [-0.05, 0) is 76.8 Å². The maximum atomic E-state index is 12.0. The summed E-state index contributed by atoms with van der Waals surface area (Å²) in [6.07, 6.45) is 1.90. The van der Waals surface area contributed by atoms with Crippen molar-refractivity contribution in [2.45, 2.75) is 70.1 Å². The highest BCUT2D eigenvalue weighted by Gasteiger charge is 2.44. The van der Waals surface area contributed by atoms with Crippen LogP contribution in [-0.4, -0.2) is 29.7 Å². The molecule has 5 rings (SSSR count). The fourth-order valence-corrected chi connectivity index (χ4v) is 5.51. The van der Waals surface area contributed by atoms with Crippen molar-refractivity contribution in [1.82, 2.24) is 10.6 Å². The van der Waals surface area contributed by atoms with E-state index in [-0.39, 0.29) is 16.9 Å². The van der Waals surface area contributed by atoms with Crippen LogP contribution in [-0.2, 0) is 22.2 Å². The quantitative estimate of drug-likeness (QED) is 0.158. The molecule has 0 heterocycles. The van der Waals surface area contributed by atoms with Crippen LogP contribution in [0.4, 0.5) is 11.4 Å². The first-order chi connectivity index (χ1) is 20.1. The largest absolute Gasteiger partial charge is 0.390 e. The zero-order valence-electron chi connectivity index (χ0n) is 25.2. The van der Waals surface area contributed by atoms with E-state index in [4.69, 9.17) is 0 Å². The van der Waals surface area contributed by atoms with Crippen molar-refractivity contribution in [3.63, 3.8) is 0 Å². The topological polar surface area (TPSA) is 73.4 Å². The van der Waals surface area contributed by atoms with Gasteiger partial charge in [-0.15, -0.1) is 0 Å². The molecule has 4 aromatic carbocycles. The van der Waals surface area contributed by atoms with Crippen LogP contribution in [0.5, 0.6) is 0 Å². The molecule has 42 heavy (non-hydrogen) atoms. The molecular weight excluding hydrogens is 518 g/mol. The van der Waals surface area contributed by atoms with Gasteiger partial charge >= 0.3 is 0 Å². The summed E-state index contributed by atoms with van der Waals surface area (Å²) in [6, 6.07) is 35.3. The normalized spacial score (nSPS) is 15.5. The maximum absolute atomic E-state index is 12.0. The van der Waals surface area contributed by atoms with E-state index in [0.29, 0.717) is 13.0 Å². The average molecular weight is 562 g/mol. The molecule has 1 aliphatic carbocycles. The Morgan fingerprint density at radius 1 is 0.833 bits per heavy atom. The van der Waals surface area contributed by atoms with E-state index in [2.05, 4.69) is 110 Å². The molecule has 2 atom stereocenters. The SMILES string of the molecule is CC(=O)N[C@@H](Cc1ccc(Nc2cccc(-c3ccccc3)c2)cc1)[C@H](O)CNC1(c2cccc(C(C)(C)C)c2)CC1. The molecule has 1 aliphatic rings. The molecule has 0 saturated heterocycles. The monoisotopic (exact) mass is 561 g/mol. The van der Waals surface area contributed by atoms with E-state index in [1.807, 2.05) is 30.3 Å². The van der Waals surface area contributed by atoms with Gasteiger partial charge in [0.1, 0.15) is 0 Å². The van der Waals surface area contributed by atoms with Gasteiger partial charge < -0.3 is 21.1 Å². The second kappa shape index (κ2) is 12.5. The zero-order valence-corrected chi connectivity index (χ0v) is 25.2. The summed E-state index contributed by atoms with van der Waals surface area (Å²) in [6.45, 7) is 8.60. The summed E-state index contributed by atoms with van der Waals surface area (Å²) in [7, 11) is 0. The van der Waals surface area contributed by atoms with Gasteiger partial charge in [-0.25, -0.2) is 0 Å². The van der Waals surface area contributed by atoms with Gasteiger partial charge in [0.05, 0.1) is 12.1 Å². The third-order valence-electron chi connectivity index (χ3n) is 8.20. The van der Waals surface area contributed by atoms with Crippen LogP contribution in [0, 0.1) is 0 Å². The third kappa shape index (κ3) is 7.47. The van der Waals surface area contributed by atoms with Crippen LogP contribution < -0.4 is 16.0 Å². The molecule has 5 heteroatoms. The van der Waals surface area contributed by atoms with Crippen molar-refractivity contribution in [2.24, 2.45) is 0 Å². The Kier molecular flexibility index (Phi) is 8.81. The first-order valence-corrected chi connectivity index (χ1v) is 14.9. The number of anilines is 2. The Morgan fingerprint density at radius 2 is 1.52 bits per heavy atom. The lowest BCUT2D eigenvalue weighted by Gasteiger charge is -2.28. The first-order valence-electron chi connectivity index (χ1n) is 14.9. The molecule has 1 fully saturated rings. The van der Waals surface area contributed by atoms with Crippen molar-refractivity contribution in [3.8, 4) is 11.1 Å². The Morgan fingerprint density at radius 3 is 2.19 bits per heavy atom. The van der Waals surface area contributed by atoms with Gasteiger partial charge in [-0.2, -0.15) is 0 Å². The highest BCUT2D eigenvalue weighted by molar-refractivity contribution is 5.73. The summed E-state index contributed by atoms with van der Waals surface area (Å²) in [5.41, 5.74) is 7.96. The van der Waals surface area contributed by atoms with Crippen molar-refractivity contribution >= 4 is 17.3 Å².